The zero-order valence-corrected chi connectivity index (χ0v) is 10.7. The van der Waals surface area contributed by atoms with Crippen molar-refractivity contribution < 1.29 is 4.92 Å². The molecule has 0 spiro atoms. The van der Waals surface area contributed by atoms with E-state index < -0.39 is 0 Å². The number of nitro benzene ring substituents is 1. The summed E-state index contributed by atoms with van der Waals surface area (Å²) in [5, 5.41) is 14.9. The van der Waals surface area contributed by atoms with Gasteiger partial charge < -0.3 is 0 Å². The third-order valence-corrected chi connectivity index (χ3v) is 2.96. The average molecular weight is 296 g/mol. The quantitative estimate of drug-likeness (QED) is 0.646. The molecule has 0 fully saturated rings. The van der Waals surface area contributed by atoms with Crippen molar-refractivity contribution in [2.45, 2.75) is 13.5 Å². The smallest absolute Gasteiger partial charge is 0.267 e. The Labute approximate surface area is 106 Å². The first kappa shape index (κ1) is 11.8. The van der Waals surface area contributed by atoms with Gasteiger partial charge in [0.15, 0.2) is 0 Å². The molecule has 0 bridgehead atoms. The standard InChI is InChI=1S/C11H10BrN3O2/c1-8-9(3-2-4-11(8)15(16)17)6-14-7-10(12)5-13-14/h2-5,7H,6H2,1H3. The maximum absolute atomic E-state index is 10.8. The van der Waals surface area contributed by atoms with Crippen LogP contribution >= 0.6 is 15.9 Å². The molecule has 0 aliphatic heterocycles. The van der Waals surface area contributed by atoms with Crippen LogP contribution in [0.15, 0.2) is 35.1 Å². The van der Waals surface area contributed by atoms with Gasteiger partial charge in [0.05, 0.1) is 22.1 Å². The van der Waals surface area contributed by atoms with Crippen LogP contribution in [0.4, 0.5) is 5.69 Å². The third kappa shape index (κ3) is 2.52. The molecule has 1 aromatic heterocycles. The first-order valence-corrected chi connectivity index (χ1v) is 5.78. The highest BCUT2D eigenvalue weighted by atomic mass is 79.9. The number of nitrogens with zero attached hydrogens (tertiary/aromatic N) is 3. The number of hydrogen-bond donors (Lipinski definition) is 0. The number of hydrogen-bond acceptors (Lipinski definition) is 3. The van der Waals surface area contributed by atoms with E-state index in [9.17, 15) is 10.1 Å². The molecule has 2 aromatic rings. The van der Waals surface area contributed by atoms with Crippen molar-refractivity contribution >= 4 is 21.6 Å². The molecule has 0 aliphatic rings. The van der Waals surface area contributed by atoms with E-state index >= 15 is 0 Å². The monoisotopic (exact) mass is 295 g/mol. The second-order valence-electron chi connectivity index (χ2n) is 3.67. The van der Waals surface area contributed by atoms with Crippen LogP contribution in [0, 0.1) is 17.0 Å². The Morgan fingerprint density at radius 3 is 2.88 bits per heavy atom. The normalized spacial score (nSPS) is 10.5. The fraction of sp³-hybridized carbons (Fsp3) is 0.182. The number of halogens is 1. The van der Waals surface area contributed by atoms with E-state index in [1.54, 1.807) is 23.9 Å². The molecule has 1 aromatic carbocycles. The Balaban J connectivity index is 2.33. The van der Waals surface area contributed by atoms with E-state index in [1.165, 1.54) is 6.07 Å². The summed E-state index contributed by atoms with van der Waals surface area (Å²) in [6.45, 7) is 2.28. The Morgan fingerprint density at radius 1 is 1.53 bits per heavy atom. The Kier molecular flexibility index (Phi) is 3.23. The van der Waals surface area contributed by atoms with Crippen LogP contribution in [-0.2, 0) is 6.54 Å². The van der Waals surface area contributed by atoms with E-state index in [1.807, 2.05) is 12.3 Å². The van der Waals surface area contributed by atoms with Gasteiger partial charge in [-0.25, -0.2) is 0 Å². The van der Waals surface area contributed by atoms with Gasteiger partial charge >= 0.3 is 0 Å². The lowest BCUT2D eigenvalue weighted by molar-refractivity contribution is -0.385. The molecule has 0 atom stereocenters. The predicted octanol–water partition coefficient (Wildman–Crippen LogP) is 2.91. The van der Waals surface area contributed by atoms with E-state index in [4.69, 9.17) is 0 Å². The maximum Gasteiger partial charge on any atom is 0.272 e. The fourth-order valence-corrected chi connectivity index (χ4v) is 1.97. The molecule has 0 saturated heterocycles. The zero-order valence-electron chi connectivity index (χ0n) is 9.13. The predicted molar refractivity (Wildman–Crippen MR) is 66.9 cm³/mol. The molecule has 0 aliphatic carbocycles. The Morgan fingerprint density at radius 2 is 2.29 bits per heavy atom. The van der Waals surface area contributed by atoms with Gasteiger partial charge in [0.1, 0.15) is 0 Å². The molecule has 5 nitrogen and oxygen atoms in total. The number of benzene rings is 1. The summed E-state index contributed by atoms with van der Waals surface area (Å²) in [4.78, 5) is 10.4. The number of aromatic nitrogens is 2. The summed E-state index contributed by atoms with van der Waals surface area (Å²) in [5.74, 6) is 0. The van der Waals surface area contributed by atoms with Crippen LogP contribution in [0.1, 0.15) is 11.1 Å². The van der Waals surface area contributed by atoms with Crippen molar-refractivity contribution in [3.63, 3.8) is 0 Å². The fourth-order valence-electron chi connectivity index (χ4n) is 1.64. The highest BCUT2D eigenvalue weighted by molar-refractivity contribution is 9.10. The number of rotatable bonds is 3. The summed E-state index contributed by atoms with van der Waals surface area (Å²) in [5.41, 5.74) is 1.73. The van der Waals surface area contributed by atoms with Crippen molar-refractivity contribution in [2.24, 2.45) is 0 Å². The first-order chi connectivity index (χ1) is 8.08. The molecule has 17 heavy (non-hydrogen) atoms. The van der Waals surface area contributed by atoms with E-state index in [0.717, 1.165) is 10.0 Å². The molecule has 2 rings (SSSR count). The summed E-state index contributed by atoms with van der Waals surface area (Å²) >= 11 is 3.31. The molecule has 0 amide bonds. The van der Waals surface area contributed by atoms with Gasteiger partial charge in [-0.2, -0.15) is 5.10 Å². The van der Waals surface area contributed by atoms with E-state index in [-0.39, 0.29) is 10.6 Å². The van der Waals surface area contributed by atoms with Gasteiger partial charge in [-0.15, -0.1) is 0 Å². The number of nitro groups is 1. The van der Waals surface area contributed by atoms with E-state index in [0.29, 0.717) is 12.1 Å². The molecule has 0 radical (unpaired) electrons. The molecule has 0 unspecified atom stereocenters. The van der Waals surface area contributed by atoms with Gasteiger partial charge in [0.2, 0.25) is 0 Å². The Bertz CT molecular complexity index is 566. The van der Waals surface area contributed by atoms with Crippen molar-refractivity contribution in [2.75, 3.05) is 0 Å². The highest BCUT2D eigenvalue weighted by Gasteiger charge is 2.13. The van der Waals surface area contributed by atoms with Crippen molar-refractivity contribution in [3.05, 3.63) is 56.3 Å². The van der Waals surface area contributed by atoms with Gasteiger partial charge in [0.25, 0.3) is 5.69 Å². The van der Waals surface area contributed by atoms with Crippen molar-refractivity contribution in [1.29, 1.82) is 0 Å². The van der Waals surface area contributed by atoms with Crippen molar-refractivity contribution in [3.8, 4) is 0 Å². The summed E-state index contributed by atoms with van der Waals surface area (Å²) in [7, 11) is 0. The second kappa shape index (κ2) is 4.67. The molecular weight excluding hydrogens is 286 g/mol. The van der Waals surface area contributed by atoms with Gasteiger partial charge in [-0.3, -0.25) is 14.8 Å². The minimum absolute atomic E-state index is 0.147. The maximum atomic E-state index is 10.8. The summed E-state index contributed by atoms with van der Waals surface area (Å²) in [6, 6.07) is 5.08. The Hall–Kier alpha value is -1.69. The molecule has 88 valence electrons. The van der Waals surface area contributed by atoms with E-state index in [2.05, 4.69) is 21.0 Å². The van der Waals surface area contributed by atoms with Crippen LogP contribution in [-0.4, -0.2) is 14.7 Å². The van der Waals surface area contributed by atoms with Crippen LogP contribution in [0.2, 0.25) is 0 Å². The zero-order chi connectivity index (χ0) is 12.4. The van der Waals surface area contributed by atoms with Crippen LogP contribution in [0.25, 0.3) is 0 Å². The minimum Gasteiger partial charge on any atom is -0.267 e. The lowest BCUT2D eigenvalue weighted by atomic mass is 10.1. The highest BCUT2D eigenvalue weighted by Crippen LogP contribution is 2.21. The van der Waals surface area contributed by atoms with Crippen LogP contribution in [0.3, 0.4) is 0 Å². The third-order valence-electron chi connectivity index (χ3n) is 2.55. The average Bonchev–Trinajstić information content (AvgIpc) is 2.67. The topological polar surface area (TPSA) is 61.0 Å². The summed E-state index contributed by atoms with van der Waals surface area (Å²) < 4.78 is 2.62. The molecule has 1 heterocycles. The first-order valence-electron chi connectivity index (χ1n) is 4.99. The van der Waals surface area contributed by atoms with Crippen LogP contribution < -0.4 is 0 Å². The molecule has 6 heteroatoms. The minimum atomic E-state index is -0.363. The molecular formula is C11H10BrN3O2. The molecule has 0 saturated carbocycles. The lowest BCUT2D eigenvalue weighted by Crippen LogP contribution is -2.03. The van der Waals surface area contributed by atoms with Gasteiger partial charge in [0, 0.05) is 17.8 Å². The molecule has 0 N–H and O–H groups in total. The van der Waals surface area contributed by atoms with Crippen molar-refractivity contribution in [1.82, 2.24) is 9.78 Å². The van der Waals surface area contributed by atoms with Gasteiger partial charge in [-0.1, -0.05) is 12.1 Å². The largest absolute Gasteiger partial charge is 0.272 e. The van der Waals surface area contributed by atoms with Gasteiger partial charge in [-0.05, 0) is 28.4 Å². The second-order valence-corrected chi connectivity index (χ2v) is 4.59. The van der Waals surface area contributed by atoms with Crippen LogP contribution in [0.5, 0.6) is 0 Å². The summed E-state index contributed by atoms with van der Waals surface area (Å²) in [6.07, 6.45) is 3.52. The lowest BCUT2D eigenvalue weighted by Gasteiger charge is -2.06. The SMILES string of the molecule is Cc1c(Cn2cc(Br)cn2)cccc1[N+](=O)[O-].